The van der Waals surface area contributed by atoms with Gasteiger partial charge < -0.3 is 30.9 Å². The van der Waals surface area contributed by atoms with E-state index >= 15 is 0 Å². The zero-order chi connectivity index (χ0) is 19.7. The van der Waals surface area contributed by atoms with Crippen molar-refractivity contribution >= 4 is 5.91 Å². The van der Waals surface area contributed by atoms with Crippen molar-refractivity contribution in [2.45, 2.75) is 37.4 Å². The molecule has 0 aliphatic carbocycles. The molecule has 1 saturated heterocycles. The molecule has 6 N–H and O–H groups in total. The Balaban J connectivity index is 1.93. The summed E-state index contributed by atoms with van der Waals surface area (Å²) in [5, 5.41) is 39.6. The van der Waals surface area contributed by atoms with Crippen LogP contribution in [0, 0.1) is 6.92 Å². The minimum Gasteiger partial charge on any atom is -0.394 e. The number of primary amides is 1. The molecule has 1 amide bonds. The van der Waals surface area contributed by atoms with E-state index in [0.29, 0.717) is 11.1 Å². The van der Waals surface area contributed by atoms with Gasteiger partial charge in [-0.3, -0.25) is 4.79 Å². The smallest absolute Gasteiger partial charge is 0.248 e. The van der Waals surface area contributed by atoms with E-state index < -0.39 is 43.0 Å². The van der Waals surface area contributed by atoms with E-state index in [2.05, 4.69) is 0 Å². The lowest BCUT2D eigenvalue weighted by atomic mass is 9.88. The van der Waals surface area contributed by atoms with Crippen LogP contribution in [0.2, 0.25) is 0 Å². The number of nitrogens with two attached hydrogens (primary N) is 1. The number of amides is 1. The van der Waals surface area contributed by atoms with Gasteiger partial charge in [-0.15, -0.1) is 0 Å². The van der Waals surface area contributed by atoms with Crippen LogP contribution in [0.1, 0.15) is 27.6 Å². The topological polar surface area (TPSA) is 133 Å². The number of carbonyl (C=O) groups excluding carboxylic acids is 1. The van der Waals surface area contributed by atoms with E-state index in [1.54, 1.807) is 24.3 Å². The molecular formula is C20H23NO6. The third kappa shape index (κ3) is 3.73. The summed E-state index contributed by atoms with van der Waals surface area (Å²) >= 11 is 0. The first-order valence-electron chi connectivity index (χ1n) is 8.64. The van der Waals surface area contributed by atoms with Crippen molar-refractivity contribution in [2.24, 2.45) is 5.73 Å². The first-order chi connectivity index (χ1) is 12.8. The first-order valence-corrected chi connectivity index (χ1v) is 8.64. The predicted molar refractivity (Wildman–Crippen MR) is 97.9 cm³/mol. The average molecular weight is 373 g/mol. The highest BCUT2D eigenvalue weighted by Gasteiger charge is 2.44. The van der Waals surface area contributed by atoms with Crippen molar-refractivity contribution in [2.75, 3.05) is 6.61 Å². The highest BCUT2D eigenvalue weighted by atomic mass is 16.5. The van der Waals surface area contributed by atoms with Gasteiger partial charge in [0.15, 0.2) is 0 Å². The molecule has 1 aliphatic heterocycles. The first kappa shape index (κ1) is 19.5. The molecule has 2 aromatic rings. The van der Waals surface area contributed by atoms with Crippen LogP contribution in [0.25, 0.3) is 11.1 Å². The van der Waals surface area contributed by atoms with Gasteiger partial charge in [-0.25, -0.2) is 0 Å². The maximum Gasteiger partial charge on any atom is 0.248 e. The van der Waals surface area contributed by atoms with Gasteiger partial charge in [0.05, 0.1) is 6.61 Å². The molecule has 0 bridgehead atoms. The monoisotopic (exact) mass is 373 g/mol. The van der Waals surface area contributed by atoms with Gasteiger partial charge in [0.2, 0.25) is 5.91 Å². The molecule has 5 atom stereocenters. The zero-order valence-corrected chi connectivity index (χ0v) is 14.8. The second-order valence-electron chi connectivity index (χ2n) is 6.77. The van der Waals surface area contributed by atoms with Crippen molar-refractivity contribution in [3.8, 4) is 11.1 Å². The number of ether oxygens (including phenoxy) is 1. The summed E-state index contributed by atoms with van der Waals surface area (Å²) in [5.74, 6) is -0.508. The van der Waals surface area contributed by atoms with E-state index in [-0.39, 0.29) is 0 Å². The number of aliphatic hydroxyl groups is 4. The third-order valence-electron chi connectivity index (χ3n) is 4.95. The Morgan fingerprint density at radius 1 is 1.04 bits per heavy atom. The van der Waals surface area contributed by atoms with E-state index in [0.717, 1.165) is 16.7 Å². The molecule has 0 aromatic heterocycles. The molecule has 0 saturated carbocycles. The molecule has 3 rings (SSSR count). The summed E-state index contributed by atoms with van der Waals surface area (Å²) in [6.45, 7) is 1.36. The SMILES string of the molecule is Cc1cc(-c2cccc(C(N)=O)c2)ccc1[C@H]1O[C@H](CO)[C@@H](O)[C@H](O)[C@@H]1O. The lowest BCUT2D eigenvalue weighted by Crippen LogP contribution is -2.55. The van der Waals surface area contributed by atoms with Crippen molar-refractivity contribution in [1.29, 1.82) is 0 Å². The fourth-order valence-electron chi connectivity index (χ4n) is 3.39. The quantitative estimate of drug-likeness (QED) is 0.523. The zero-order valence-electron chi connectivity index (χ0n) is 14.8. The summed E-state index contributed by atoms with van der Waals surface area (Å²) in [7, 11) is 0. The Hall–Kier alpha value is -2.29. The van der Waals surface area contributed by atoms with E-state index in [4.69, 9.17) is 10.5 Å². The van der Waals surface area contributed by atoms with Gasteiger partial charge in [-0.05, 0) is 41.3 Å². The lowest BCUT2D eigenvalue weighted by molar-refractivity contribution is -0.231. The number of rotatable bonds is 4. The molecule has 1 aliphatic rings. The van der Waals surface area contributed by atoms with Gasteiger partial charge in [0.25, 0.3) is 0 Å². The number of benzene rings is 2. The van der Waals surface area contributed by atoms with Crippen molar-refractivity contribution < 1.29 is 30.0 Å². The highest BCUT2D eigenvalue weighted by molar-refractivity contribution is 5.94. The van der Waals surface area contributed by atoms with Crippen LogP contribution in [0.3, 0.4) is 0 Å². The van der Waals surface area contributed by atoms with E-state index in [1.807, 2.05) is 25.1 Å². The summed E-state index contributed by atoms with van der Waals surface area (Å²) in [6, 6.07) is 12.4. The molecule has 27 heavy (non-hydrogen) atoms. The number of carbonyl (C=O) groups is 1. The number of hydrogen-bond acceptors (Lipinski definition) is 6. The third-order valence-corrected chi connectivity index (χ3v) is 4.95. The van der Waals surface area contributed by atoms with Crippen molar-refractivity contribution in [3.63, 3.8) is 0 Å². The highest BCUT2D eigenvalue weighted by Crippen LogP contribution is 2.35. The molecule has 0 radical (unpaired) electrons. The maximum absolute atomic E-state index is 11.4. The van der Waals surface area contributed by atoms with Crippen LogP contribution in [-0.4, -0.2) is 57.4 Å². The van der Waals surface area contributed by atoms with Crippen molar-refractivity contribution in [1.82, 2.24) is 0 Å². The van der Waals surface area contributed by atoms with Crippen LogP contribution >= 0.6 is 0 Å². The molecule has 2 aromatic carbocycles. The Kier molecular flexibility index (Phi) is 5.59. The second-order valence-corrected chi connectivity index (χ2v) is 6.77. The molecule has 7 heteroatoms. The molecule has 0 unspecified atom stereocenters. The van der Waals surface area contributed by atoms with Gasteiger partial charge in [-0.1, -0.05) is 30.3 Å². The maximum atomic E-state index is 11.4. The fourth-order valence-corrected chi connectivity index (χ4v) is 3.39. The molecule has 0 spiro atoms. The van der Waals surface area contributed by atoms with Gasteiger partial charge in [0, 0.05) is 5.56 Å². The van der Waals surface area contributed by atoms with Gasteiger partial charge in [-0.2, -0.15) is 0 Å². The minimum absolute atomic E-state index is 0.406. The number of aliphatic hydroxyl groups excluding tert-OH is 4. The minimum atomic E-state index is -1.42. The Morgan fingerprint density at radius 3 is 2.37 bits per heavy atom. The molecule has 7 nitrogen and oxygen atoms in total. The van der Waals surface area contributed by atoms with Crippen LogP contribution in [0.15, 0.2) is 42.5 Å². The summed E-state index contributed by atoms with van der Waals surface area (Å²) < 4.78 is 5.62. The van der Waals surface area contributed by atoms with Crippen LogP contribution in [0.4, 0.5) is 0 Å². The van der Waals surface area contributed by atoms with Crippen LogP contribution in [0.5, 0.6) is 0 Å². The second kappa shape index (κ2) is 7.75. The van der Waals surface area contributed by atoms with Crippen molar-refractivity contribution in [3.05, 3.63) is 59.2 Å². The largest absolute Gasteiger partial charge is 0.394 e. The van der Waals surface area contributed by atoms with Gasteiger partial charge >= 0.3 is 0 Å². The van der Waals surface area contributed by atoms with Gasteiger partial charge in [0.1, 0.15) is 30.5 Å². The van der Waals surface area contributed by atoms with Crippen LogP contribution in [-0.2, 0) is 4.74 Å². The molecular weight excluding hydrogens is 350 g/mol. The predicted octanol–water partition coefficient (Wildman–Crippen LogP) is 0.276. The fraction of sp³-hybridized carbons (Fsp3) is 0.350. The normalized spacial score (nSPS) is 28.1. The van der Waals surface area contributed by atoms with E-state index in [9.17, 15) is 25.2 Å². The molecule has 144 valence electrons. The molecule has 1 fully saturated rings. The lowest BCUT2D eigenvalue weighted by Gasteiger charge is -2.40. The Labute approximate surface area is 156 Å². The Bertz CT molecular complexity index is 837. The standard InChI is InChI=1S/C20H23NO6/c1-10-7-12(11-3-2-4-13(8-11)20(21)26)5-6-14(10)19-18(25)17(24)16(23)15(9-22)27-19/h2-8,15-19,22-25H,9H2,1H3,(H2,21,26)/t15-,16-,17+,18+,19-/m1/s1. The molecule has 1 heterocycles. The summed E-state index contributed by atoms with van der Waals surface area (Å²) in [6.07, 6.45) is -5.98. The number of aryl methyl sites for hydroxylation is 1. The van der Waals surface area contributed by atoms with E-state index in [1.165, 1.54) is 0 Å². The number of hydrogen-bond donors (Lipinski definition) is 5. The summed E-state index contributed by atoms with van der Waals surface area (Å²) in [4.78, 5) is 11.4. The Morgan fingerprint density at radius 2 is 1.74 bits per heavy atom. The summed E-state index contributed by atoms with van der Waals surface area (Å²) in [5.41, 5.74) is 8.83. The van der Waals surface area contributed by atoms with Crippen LogP contribution < -0.4 is 5.73 Å². The average Bonchev–Trinajstić information content (AvgIpc) is 2.67.